The van der Waals surface area contributed by atoms with E-state index in [0.29, 0.717) is 17.3 Å². The van der Waals surface area contributed by atoms with Crippen LogP contribution < -0.4 is 10.6 Å². The van der Waals surface area contributed by atoms with Gasteiger partial charge in [-0.05, 0) is 56.2 Å². The predicted molar refractivity (Wildman–Crippen MR) is 122 cm³/mol. The average molecular weight is 429 g/mol. The maximum absolute atomic E-state index is 12.6. The minimum absolute atomic E-state index is 0.0103. The van der Waals surface area contributed by atoms with Crippen LogP contribution >= 0.6 is 11.6 Å². The summed E-state index contributed by atoms with van der Waals surface area (Å²) in [6.45, 7) is 9.27. The van der Waals surface area contributed by atoms with Crippen LogP contribution in [0.1, 0.15) is 18.1 Å². The minimum Gasteiger partial charge on any atom is -0.325 e. The van der Waals surface area contributed by atoms with E-state index in [4.69, 9.17) is 11.6 Å². The molecule has 1 fully saturated rings. The van der Waals surface area contributed by atoms with Gasteiger partial charge in [-0.1, -0.05) is 29.8 Å². The number of halogens is 1. The highest BCUT2D eigenvalue weighted by Gasteiger charge is 2.26. The molecule has 160 valence electrons. The van der Waals surface area contributed by atoms with E-state index >= 15 is 0 Å². The van der Waals surface area contributed by atoms with Crippen LogP contribution in [0.2, 0.25) is 5.02 Å². The van der Waals surface area contributed by atoms with Gasteiger partial charge in [-0.3, -0.25) is 19.4 Å². The van der Waals surface area contributed by atoms with Gasteiger partial charge in [0.25, 0.3) is 0 Å². The third-order valence-electron chi connectivity index (χ3n) is 5.67. The summed E-state index contributed by atoms with van der Waals surface area (Å²) >= 11 is 5.98. The normalized spacial score (nSPS) is 16.1. The number of nitrogens with zero attached hydrogens (tertiary/aromatic N) is 2. The summed E-state index contributed by atoms with van der Waals surface area (Å²) in [5.74, 6) is -0.0673. The number of anilines is 2. The quantitative estimate of drug-likeness (QED) is 0.738. The predicted octanol–water partition coefficient (Wildman–Crippen LogP) is 3.54. The van der Waals surface area contributed by atoms with Gasteiger partial charge in [0.05, 0.1) is 12.6 Å². The summed E-state index contributed by atoms with van der Waals surface area (Å²) in [5, 5.41) is 6.52. The Bertz CT molecular complexity index is 910. The van der Waals surface area contributed by atoms with E-state index in [-0.39, 0.29) is 17.9 Å². The lowest BCUT2D eigenvalue weighted by molar-refractivity contribution is -0.122. The fraction of sp³-hybridized carbons (Fsp3) is 0.391. The fourth-order valence-electron chi connectivity index (χ4n) is 3.57. The molecular weight excluding hydrogens is 400 g/mol. The molecule has 0 aromatic heterocycles. The summed E-state index contributed by atoms with van der Waals surface area (Å²) in [6.07, 6.45) is 0. The largest absolute Gasteiger partial charge is 0.325 e. The molecule has 0 bridgehead atoms. The van der Waals surface area contributed by atoms with Gasteiger partial charge >= 0.3 is 0 Å². The van der Waals surface area contributed by atoms with Crippen molar-refractivity contribution < 1.29 is 9.59 Å². The number of benzene rings is 2. The first-order valence-electron chi connectivity index (χ1n) is 10.2. The van der Waals surface area contributed by atoms with Crippen molar-refractivity contribution in [3.63, 3.8) is 0 Å². The highest BCUT2D eigenvalue weighted by atomic mass is 35.5. The van der Waals surface area contributed by atoms with Crippen LogP contribution in [0.3, 0.4) is 0 Å². The molecule has 6 nitrogen and oxygen atoms in total. The molecule has 2 aromatic rings. The molecule has 1 atom stereocenters. The maximum Gasteiger partial charge on any atom is 0.241 e. The Morgan fingerprint density at radius 3 is 2.43 bits per heavy atom. The van der Waals surface area contributed by atoms with E-state index in [9.17, 15) is 9.59 Å². The van der Waals surface area contributed by atoms with E-state index < -0.39 is 0 Å². The van der Waals surface area contributed by atoms with E-state index in [2.05, 4.69) is 20.4 Å². The second-order valence-electron chi connectivity index (χ2n) is 7.78. The Kier molecular flexibility index (Phi) is 7.48. The van der Waals surface area contributed by atoms with Crippen molar-refractivity contribution in [2.45, 2.75) is 26.8 Å². The van der Waals surface area contributed by atoms with Crippen molar-refractivity contribution in [1.29, 1.82) is 0 Å². The van der Waals surface area contributed by atoms with Crippen LogP contribution in [0.15, 0.2) is 42.5 Å². The molecular formula is C23H29ClN4O2. The molecule has 2 aromatic carbocycles. The van der Waals surface area contributed by atoms with Gasteiger partial charge < -0.3 is 10.6 Å². The van der Waals surface area contributed by atoms with Crippen molar-refractivity contribution in [2.24, 2.45) is 0 Å². The van der Waals surface area contributed by atoms with Crippen molar-refractivity contribution in [1.82, 2.24) is 9.80 Å². The third-order valence-corrected chi connectivity index (χ3v) is 5.91. The molecule has 1 saturated heterocycles. The van der Waals surface area contributed by atoms with E-state index in [1.807, 2.05) is 51.1 Å². The monoisotopic (exact) mass is 428 g/mol. The highest BCUT2D eigenvalue weighted by Crippen LogP contribution is 2.18. The lowest BCUT2D eigenvalue weighted by Crippen LogP contribution is -2.53. The number of aryl methyl sites for hydroxylation is 1. The Balaban J connectivity index is 1.46. The molecule has 2 amide bonds. The zero-order chi connectivity index (χ0) is 21.7. The lowest BCUT2D eigenvalue weighted by atomic mass is 10.1. The van der Waals surface area contributed by atoms with Crippen molar-refractivity contribution >= 4 is 34.8 Å². The van der Waals surface area contributed by atoms with Crippen molar-refractivity contribution in [3.8, 4) is 0 Å². The summed E-state index contributed by atoms with van der Waals surface area (Å²) in [7, 11) is 0. The summed E-state index contributed by atoms with van der Waals surface area (Å²) in [6, 6.07) is 12.8. The third kappa shape index (κ3) is 5.81. The second-order valence-corrected chi connectivity index (χ2v) is 8.22. The fourth-order valence-corrected chi connectivity index (χ4v) is 3.76. The highest BCUT2D eigenvalue weighted by molar-refractivity contribution is 6.30. The summed E-state index contributed by atoms with van der Waals surface area (Å²) in [4.78, 5) is 29.3. The van der Waals surface area contributed by atoms with Gasteiger partial charge in [0.15, 0.2) is 0 Å². The van der Waals surface area contributed by atoms with Crippen molar-refractivity contribution in [3.05, 3.63) is 58.6 Å². The number of piperazine rings is 1. The molecule has 30 heavy (non-hydrogen) atoms. The maximum atomic E-state index is 12.6. The zero-order valence-corrected chi connectivity index (χ0v) is 18.5. The van der Waals surface area contributed by atoms with Gasteiger partial charge in [0, 0.05) is 42.6 Å². The topological polar surface area (TPSA) is 64.7 Å². The number of carbonyl (C=O) groups is 2. The Morgan fingerprint density at radius 2 is 1.73 bits per heavy atom. The first-order chi connectivity index (χ1) is 14.3. The number of hydrogen-bond acceptors (Lipinski definition) is 4. The Hall–Kier alpha value is -2.41. The standard InChI is InChI=1S/C23H29ClN4O2/c1-16-6-4-9-21(17(16)2)26-22(29)15-27-10-12-28(13-11-27)18(3)23(30)25-20-8-5-7-19(24)14-20/h4-9,14,18H,10-13,15H2,1-3H3,(H,25,30)(H,26,29)/t18-/m1/s1. The zero-order valence-electron chi connectivity index (χ0n) is 17.7. The smallest absolute Gasteiger partial charge is 0.241 e. The summed E-state index contributed by atoms with van der Waals surface area (Å²) < 4.78 is 0. The number of carbonyl (C=O) groups excluding carboxylic acids is 2. The van der Waals surface area contributed by atoms with Gasteiger partial charge in [-0.2, -0.15) is 0 Å². The van der Waals surface area contributed by atoms with Gasteiger partial charge in [-0.15, -0.1) is 0 Å². The van der Waals surface area contributed by atoms with E-state index in [1.54, 1.807) is 12.1 Å². The number of rotatable bonds is 6. The molecule has 3 rings (SSSR count). The molecule has 0 aliphatic carbocycles. The number of amides is 2. The molecule has 2 N–H and O–H groups in total. The Morgan fingerprint density at radius 1 is 1.03 bits per heavy atom. The molecule has 0 saturated carbocycles. The first-order valence-corrected chi connectivity index (χ1v) is 10.6. The molecule has 1 heterocycles. The summed E-state index contributed by atoms with van der Waals surface area (Å²) in [5.41, 5.74) is 3.81. The Labute approximate surface area is 183 Å². The van der Waals surface area contributed by atoms with Crippen LogP contribution in [0.25, 0.3) is 0 Å². The number of hydrogen-bond donors (Lipinski definition) is 2. The first kappa shape index (κ1) is 22.3. The van der Waals surface area contributed by atoms with Crippen molar-refractivity contribution in [2.75, 3.05) is 43.4 Å². The van der Waals surface area contributed by atoms with Crippen LogP contribution in [-0.2, 0) is 9.59 Å². The van der Waals surface area contributed by atoms with Gasteiger partial charge in [-0.25, -0.2) is 0 Å². The van der Waals surface area contributed by atoms with E-state index in [1.165, 1.54) is 0 Å². The van der Waals surface area contributed by atoms with Crippen LogP contribution in [0.5, 0.6) is 0 Å². The van der Waals surface area contributed by atoms with Gasteiger partial charge in [0.1, 0.15) is 0 Å². The van der Waals surface area contributed by atoms with Gasteiger partial charge in [0.2, 0.25) is 11.8 Å². The molecule has 0 spiro atoms. The molecule has 7 heteroatoms. The lowest BCUT2D eigenvalue weighted by Gasteiger charge is -2.37. The molecule has 1 aliphatic rings. The SMILES string of the molecule is Cc1cccc(NC(=O)CN2CCN([C@H](C)C(=O)Nc3cccc(Cl)c3)CC2)c1C. The number of nitrogens with one attached hydrogen (secondary N) is 2. The minimum atomic E-state index is -0.255. The second kappa shape index (κ2) is 10.1. The van der Waals surface area contributed by atoms with Crippen LogP contribution in [-0.4, -0.2) is 60.4 Å². The van der Waals surface area contributed by atoms with Crippen LogP contribution in [0.4, 0.5) is 11.4 Å². The van der Waals surface area contributed by atoms with E-state index in [0.717, 1.165) is 43.0 Å². The molecule has 0 unspecified atom stereocenters. The van der Waals surface area contributed by atoms with Crippen LogP contribution in [0, 0.1) is 13.8 Å². The molecule has 0 radical (unpaired) electrons. The average Bonchev–Trinajstić information content (AvgIpc) is 2.71. The molecule has 1 aliphatic heterocycles.